The highest BCUT2D eigenvalue weighted by Gasteiger charge is 2.27. The highest BCUT2D eigenvalue weighted by Crippen LogP contribution is 2.31. The number of carbonyl (C=O) groups is 3. The first-order chi connectivity index (χ1) is 12.1. The third-order valence-corrected chi connectivity index (χ3v) is 4.75. The molecular weight excluding hydrogens is 322 g/mol. The van der Waals surface area contributed by atoms with Crippen molar-refractivity contribution in [2.45, 2.75) is 19.8 Å². The van der Waals surface area contributed by atoms with Crippen LogP contribution in [0, 0.1) is 5.92 Å². The van der Waals surface area contributed by atoms with Gasteiger partial charge in [-0.05, 0) is 25.0 Å². The van der Waals surface area contributed by atoms with Crippen LogP contribution in [0.15, 0.2) is 24.3 Å². The summed E-state index contributed by atoms with van der Waals surface area (Å²) < 4.78 is 5.41. The smallest absolute Gasteiger partial charge is 0.265 e. The molecule has 1 saturated heterocycles. The summed E-state index contributed by atoms with van der Waals surface area (Å²) in [5.74, 6) is 0.566. The van der Waals surface area contributed by atoms with Crippen molar-refractivity contribution in [1.29, 1.82) is 0 Å². The van der Waals surface area contributed by atoms with Crippen molar-refractivity contribution in [3.63, 3.8) is 0 Å². The summed E-state index contributed by atoms with van der Waals surface area (Å²) in [6.45, 7) is 3.64. The summed E-state index contributed by atoms with van der Waals surface area (Å²) >= 11 is 0. The molecule has 134 valence electrons. The number of carbonyl (C=O) groups excluding carboxylic acids is 3. The van der Waals surface area contributed by atoms with Gasteiger partial charge in [-0.25, -0.2) is 0 Å². The van der Waals surface area contributed by atoms with Crippen LogP contribution >= 0.6 is 0 Å². The van der Waals surface area contributed by atoms with E-state index in [1.54, 1.807) is 16.7 Å². The minimum absolute atomic E-state index is 0.00260. The average molecular weight is 345 g/mol. The highest BCUT2D eigenvalue weighted by atomic mass is 16.5. The van der Waals surface area contributed by atoms with Gasteiger partial charge in [-0.3, -0.25) is 14.4 Å². The number of para-hydroxylation sites is 2. The van der Waals surface area contributed by atoms with Crippen LogP contribution in [0.5, 0.6) is 5.75 Å². The molecule has 2 heterocycles. The van der Waals surface area contributed by atoms with E-state index in [2.05, 4.69) is 5.32 Å². The Kier molecular flexibility index (Phi) is 5.21. The Balaban J connectivity index is 1.49. The predicted molar refractivity (Wildman–Crippen MR) is 92.3 cm³/mol. The SMILES string of the molecule is CC(=O)N1CCC(C(=O)NCCN2C(=O)COc3ccccc32)CC1. The zero-order valence-electron chi connectivity index (χ0n) is 14.4. The van der Waals surface area contributed by atoms with Gasteiger partial charge >= 0.3 is 0 Å². The third-order valence-electron chi connectivity index (χ3n) is 4.75. The molecule has 7 nitrogen and oxygen atoms in total. The molecule has 3 rings (SSSR count). The minimum atomic E-state index is -0.109. The van der Waals surface area contributed by atoms with E-state index in [1.165, 1.54) is 0 Å². The van der Waals surface area contributed by atoms with Crippen LogP contribution in [-0.2, 0) is 14.4 Å². The Morgan fingerprint density at radius 3 is 2.68 bits per heavy atom. The molecule has 0 unspecified atom stereocenters. The van der Waals surface area contributed by atoms with Crippen molar-refractivity contribution in [3.8, 4) is 5.75 Å². The van der Waals surface area contributed by atoms with Gasteiger partial charge in [-0.15, -0.1) is 0 Å². The van der Waals surface area contributed by atoms with Gasteiger partial charge in [0.25, 0.3) is 5.91 Å². The Bertz CT molecular complexity index is 668. The average Bonchev–Trinajstić information content (AvgIpc) is 2.63. The fraction of sp³-hybridized carbons (Fsp3) is 0.500. The number of anilines is 1. The van der Waals surface area contributed by atoms with E-state index in [0.29, 0.717) is 44.8 Å². The first kappa shape index (κ1) is 17.3. The molecule has 1 aromatic rings. The number of nitrogens with one attached hydrogen (secondary N) is 1. The lowest BCUT2D eigenvalue weighted by atomic mass is 9.96. The second-order valence-electron chi connectivity index (χ2n) is 6.37. The van der Waals surface area contributed by atoms with Gasteiger partial charge in [0.05, 0.1) is 5.69 Å². The van der Waals surface area contributed by atoms with E-state index in [4.69, 9.17) is 4.74 Å². The fourth-order valence-corrected chi connectivity index (χ4v) is 3.29. The first-order valence-corrected chi connectivity index (χ1v) is 8.61. The number of amides is 3. The van der Waals surface area contributed by atoms with Crippen molar-refractivity contribution in [2.24, 2.45) is 5.92 Å². The zero-order valence-corrected chi connectivity index (χ0v) is 14.4. The van der Waals surface area contributed by atoms with Gasteiger partial charge in [0.1, 0.15) is 5.75 Å². The van der Waals surface area contributed by atoms with Crippen LogP contribution < -0.4 is 15.0 Å². The van der Waals surface area contributed by atoms with E-state index in [0.717, 1.165) is 5.69 Å². The molecule has 0 bridgehead atoms. The number of piperidine rings is 1. The second-order valence-corrected chi connectivity index (χ2v) is 6.37. The Morgan fingerprint density at radius 2 is 1.96 bits per heavy atom. The normalized spacial score (nSPS) is 17.7. The van der Waals surface area contributed by atoms with Gasteiger partial charge in [0.2, 0.25) is 11.8 Å². The number of likely N-dealkylation sites (tertiary alicyclic amines) is 1. The van der Waals surface area contributed by atoms with Crippen LogP contribution in [0.1, 0.15) is 19.8 Å². The van der Waals surface area contributed by atoms with E-state index < -0.39 is 0 Å². The zero-order chi connectivity index (χ0) is 17.8. The largest absolute Gasteiger partial charge is 0.482 e. The molecule has 0 aliphatic carbocycles. The molecule has 0 spiro atoms. The topological polar surface area (TPSA) is 79.0 Å². The molecule has 0 radical (unpaired) electrons. The van der Waals surface area contributed by atoms with Gasteiger partial charge in [-0.1, -0.05) is 12.1 Å². The van der Waals surface area contributed by atoms with Gasteiger partial charge in [0, 0.05) is 39.0 Å². The Labute approximate surface area is 146 Å². The number of hydrogen-bond donors (Lipinski definition) is 1. The second kappa shape index (κ2) is 7.55. The van der Waals surface area contributed by atoms with Crippen molar-refractivity contribution >= 4 is 23.4 Å². The maximum absolute atomic E-state index is 12.3. The molecule has 2 aliphatic rings. The number of hydrogen-bond acceptors (Lipinski definition) is 4. The Morgan fingerprint density at radius 1 is 1.24 bits per heavy atom. The lowest BCUT2D eigenvalue weighted by Crippen LogP contribution is -2.46. The molecular formula is C18H23N3O4. The summed E-state index contributed by atoms with van der Waals surface area (Å²) in [7, 11) is 0. The van der Waals surface area contributed by atoms with Crippen LogP contribution in [0.3, 0.4) is 0 Å². The number of rotatable bonds is 4. The molecule has 25 heavy (non-hydrogen) atoms. The summed E-state index contributed by atoms with van der Waals surface area (Å²) in [5.41, 5.74) is 0.739. The van der Waals surface area contributed by atoms with Crippen LogP contribution in [-0.4, -0.2) is 55.4 Å². The van der Waals surface area contributed by atoms with Gasteiger partial charge in [-0.2, -0.15) is 0 Å². The van der Waals surface area contributed by atoms with Crippen LogP contribution in [0.25, 0.3) is 0 Å². The number of nitrogens with zero attached hydrogens (tertiary/aromatic N) is 2. The van der Waals surface area contributed by atoms with Gasteiger partial charge < -0.3 is 19.9 Å². The van der Waals surface area contributed by atoms with Gasteiger partial charge in [0.15, 0.2) is 6.61 Å². The predicted octanol–water partition coefficient (Wildman–Crippen LogP) is 0.787. The molecule has 1 N–H and O–H groups in total. The van der Waals surface area contributed by atoms with Crippen LogP contribution in [0.4, 0.5) is 5.69 Å². The molecule has 0 saturated carbocycles. The van der Waals surface area contributed by atoms with Crippen molar-refractivity contribution in [1.82, 2.24) is 10.2 Å². The lowest BCUT2D eigenvalue weighted by molar-refractivity contribution is -0.133. The molecule has 7 heteroatoms. The summed E-state index contributed by atoms with van der Waals surface area (Å²) in [6.07, 6.45) is 1.37. The maximum atomic E-state index is 12.3. The molecule has 0 atom stereocenters. The molecule has 0 aromatic heterocycles. The number of ether oxygens (including phenoxy) is 1. The Hall–Kier alpha value is -2.57. The van der Waals surface area contributed by atoms with E-state index in [-0.39, 0.29) is 30.2 Å². The molecule has 1 fully saturated rings. The number of fused-ring (bicyclic) bond motifs is 1. The third kappa shape index (κ3) is 3.92. The lowest BCUT2D eigenvalue weighted by Gasteiger charge is -2.31. The van der Waals surface area contributed by atoms with E-state index >= 15 is 0 Å². The molecule has 3 amide bonds. The molecule has 2 aliphatic heterocycles. The highest BCUT2D eigenvalue weighted by molar-refractivity contribution is 5.97. The van der Waals surface area contributed by atoms with Crippen LogP contribution in [0.2, 0.25) is 0 Å². The van der Waals surface area contributed by atoms with Crippen molar-refractivity contribution < 1.29 is 19.1 Å². The van der Waals surface area contributed by atoms with E-state index in [1.807, 2.05) is 24.3 Å². The summed E-state index contributed by atoms with van der Waals surface area (Å²) in [6, 6.07) is 7.39. The molecule has 1 aromatic carbocycles. The van der Waals surface area contributed by atoms with Crippen molar-refractivity contribution in [2.75, 3.05) is 37.7 Å². The summed E-state index contributed by atoms with van der Waals surface area (Å²) in [4.78, 5) is 39.1. The number of benzene rings is 1. The first-order valence-electron chi connectivity index (χ1n) is 8.61. The summed E-state index contributed by atoms with van der Waals surface area (Å²) in [5, 5.41) is 2.92. The monoisotopic (exact) mass is 345 g/mol. The van der Waals surface area contributed by atoms with E-state index in [9.17, 15) is 14.4 Å². The minimum Gasteiger partial charge on any atom is -0.482 e. The standard InChI is InChI=1S/C18H23N3O4/c1-13(22)20-9-6-14(7-10-20)18(24)19-8-11-21-15-4-2-3-5-16(15)25-12-17(21)23/h2-5,14H,6-12H2,1H3,(H,19,24). The van der Waals surface area contributed by atoms with Crippen molar-refractivity contribution in [3.05, 3.63) is 24.3 Å². The fourth-order valence-electron chi connectivity index (χ4n) is 3.29. The quantitative estimate of drug-likeness (QED) is 0.875. The maximum Gasteiger partial charge on any atom is 0.265 e.